The van der Waals surface area contributed by atoms with Crippen LogP contribution in [0.15, 0.2) is 66.7 Å². The fourth-order valence-electron chi connectivity index (χ4n) is 10.9. The van der Waals surface area contributed by atoms with Gasteiger partial charge in [-0.3, -0.25) is 9.69 Å². The van der Waals surface area contributed by atoms with Crippen molar-refractivity contribution in [2.45, 2.75) is 94.5 Å². The second-order valence-electron chi connectivity index (χ2n) is 17.6. The Kier molecular flexibility index (Phi) is 11.0. The zero-order valence-corrected chi connectivity index (χ0v) is 36.1. The lowest BCUT2D eigenvalue weighted by Gasteiger charge is -2.44. The number of carbonyl (C=O) groups excluding carboxylic acids is 1. The second kappa shape index (κ2) is 15.9. The lowest BCUT2D eigenvalue weighted by molar-refractivity contribution is 0.0719. The Bertz CT molecular complexity index is 2440. The number of sulfonamides is 1. The molecular formula is C45H57N5O7S2. The van der Waals surface area contributed by atoms with Gasteiger partial charge in [-0.05, 0) is 91.5 Å². The van der Waals surface area contributed by atoms with Gasteiger partial charge in [-0.2, -0.15) is 17.0 Å². The molecule has 14 heteroatoms. The fraction of sp³-hybridized carbons (Fsp3) is 0.533. The summed E-state index contributed by atoms with van der Waals surface area (Å²) in [5.74, 6) is 0.00221. The molecule has 2 unspecified atom stereocenters. The molecule has 1 saturated carbocycles. The number of rotatable bonds is 9. The van der Waals surface area contributed by atoms with Gasteiger partial charge in [-0.1, -0.05) is 62.6 Å². The molecule has 4 aliphatic heterocycles. The molecule has 12 nitrogen and oxygen atoms in total. The standard InChI is InChI=1S/C45H57N5O7S2/c1-31-39-26-36(56-3)17-19-37(39)43-42(33-13-8-5-9-14-33)38-18-16-34(44(51)46-59(54,55)48-21-23-57-24-22-48)25-40(38)49(43)30-45(31,2)58(52,53)50-20-10-15-35-28-47(29-41(35)50)27-32-11-6-4-7-12-32/h4,6-7,11-12,16-19,25-26,31,33,35,41H,5,8-10,13-15,20-24,27-30H2,1-3H3,(H,46,51)/t31?,35-,41+,45?/m0/s1. The van der Waals surface area contributed by atoms with Crippen LogP contribution in [0.1, 0.15) is 97.7 Å². The highest BCUT2D eigenvalue weighted by atomic mass is 32.2. The highest BCUT2D eigenvalue weighted by molar-refractivity contribution is 7.90. The maximum atomic E-state index is 15.9. The fourth-order valence-corrected chi connectivity index (χ4v) is 14.4. The minimum Gasteiger partial charge on any atom is -0.497 e. The Morgan fingerprint density at radius 3 is 2.41 bits per heavy atom. The summed E-state index contributed by atoms with van der Waals surface area (Å²) in [5, 5.41) is 0.973. The number of hydrogen-bond donors (Lipinski definition) is 1. The van der Waals surface area contributed by atoms with Crippen molar-refractivity contribution in [2.24, 2.45) is 5.92 Å². The summed E-state index contributed by atoms with van der Waals surface area (Å²) in [6.45, 7) is 7.80. The molecule has 9 rings (SSSR count). The summed E-state index contributed by atoms with van der Waals surface area (Å²) in [5.41, 5.74) is 6.22. The molecule has 4 aromatic rings. The van der Waals surface area contributed by atoms with Gasteiger partial charge in [0.15, 0.2) is 0 Å². The maximum Gasteiger partial charge on any atom is 0.304 e. The largest absolute Gasteiger partial charge is 0.497 e. The molecule has 3 aromatic carbocycles. The number of benzene rings is 3. The van der Waals surface area contributed by atoms with Crippen LogP contribution >= 0.6 is 0 Å². The predicted octanol–water partition coefficient (Wildman–Crippen LogP) is 6.47. The Morgan fingerprint density at radius 2 is 1.66 bits per heavy atom. The van der Waals surface area contributed by atoms with E-state index >= 15 is 8.42 Å². The minimum atomic E-state index is -4.11. The highest BCUT2D eigenvalue weighted by Gasteiger charge is 2.55. The first-order chi connectivity index (χ1) is 28.4. The van der Waals surface area contributed by atoms with E-state index in [0.29, 0.717) is 18.8 Å². The van der Waals surface area contributed by atoms with E-state index in [2.05, 4.69) is 51.4 Å². The molecule has 316 valence electrons. The average molecular weight is 844 g/mol. The van der Waals surface area contributed by atoms with Crippen LogP contribution in [0.4, 0.5) is 0 Å². The number of hydrogen-bond acceptors (Lipinski definition) is 8. The summed E-state index contributed by atoms with van der Waals surface area (Å²) in [4.78, 5) is 16.3. The van der Waals surface area contributed by atoms with E-state index in [1.807, 2.05) is 35.5 Å². The zero-order valence-electron chi connectivity index (χ0n) is 34.4. The number of methoxy groups -OCH3 is 1. The molecule has 1 N–H and O–H groups in total. The van der Waals surface area contributed by atoms with E-state index in [-0.39, 0.29) is 56.3 Å². The molecule has 59 heavy (non-hydrogen) atoms. The Hall–Kier alpha value is -3.79. The van der Waals surface area contributed by atoms with Crippen LogP contribution in [0.3, 0.4) is 0 Å². The summed E-state index contributed by atoms with van der Waals surface area (Å²) >= 11 is 0. The van der Waals surface area contributed by atoms with E-state index in [1.165, 1.54) is 21.9 Å². The van der Waals surface area contributed by atoms with Crippen molar-refractivity contribution in [3.63, 3.8) is 0 Å². The molecule has 4 fully saturated rings. The number of likely N-dealkylation sites (tertiary alicyclic amines) is 1. The number of morpholine rings is 1. The summed E-state index contributed by atoms with van der Waals surface area (Å²) < 4.78 is 75.8. The molecule has 0 spiro atoms. The maximum absolute atomic E-state index is 15.9. The van der Waals surface area contributed by atoms with E-state index in [4.69, 9.17) is 9.47 Å². The van der Waals surface area contributed by atoms with E-state index < -0.39 is 36.8 Å². The number of amides is 1. The van der Waals surface area contributed by atoms with Gasteiger partial charge in [0.2, 0.25) is 10.0 Å². The van der Waals surface area contributed by atoms with Crippen molar-refractivity contribution in [3.05, 3.63) is 89.0 Å². The van der Waals surface area contributed by atoms with Crippen LogP contribution in [0.25, 0.3) is 22.2 Å². The Morgan fingerprint density at radius 1 is 0.898 bits per heavy atom. The molecular weight excluding hydrogens is 787 g/mol. The van der Waals surface area contributed by atoms with E-state index in [1.54, 1.807) is 19.2 Å². The van der Waals surface area contributed by atoms with Gasteiger partial charge < -0.3 is 14.0 Å². The van der Waals surface area contributed by atoms with Crippen LogP contribution in [0.5, 0.6) is 5.75 Å². The molecule has 1 amide bonds. The number of nitrogens with one attached hydrogen (secondary N) is 1. The summed E-state index contributed by atoms with van der Waals surface area (Å²) in [7, 11) is -6.45. The Labute approximate surface area is 349 Å². The van der Waals surface area contributed by atoms with Crippen molar-refractivity contribution in [2.75, 3.05) is 53.0 Å². The number of ether oxygens (including phenoxy) is 2. The average Bonchev–Trinajstić information content (AvgIpc) is 3.78. The lowest BCUT2D eigenvalue weighted by atomic mass is 9.80. The smallest absolute Gasteiger partial charge is 0.304 e. The van der Waals surface area contributed by atoms with E-state index in [0.717, 1.165) is 79.3 Å². The highest BCUT2D eigenvalue weighted by Crippen LogP contribution is 2.53. The van der Waals surface area contributed by atoms with Crippen molar-refractivity contribution in [1.82, 2.24) is 22.8 Å². The molecule has 5 aliphatic rings. The molecule has 1 aromatic heterocycles. The molecule has 4 atom stereocenters. The summed E-state index contributed by atoms with van der Waals surface area (Å²) in [6, 6.07) is 21.8. The molecule has 1 aliphatic carbocycles. The monoisotopic (exact) mass is 843 g/mol. The van der Waals surface area contributed by atoms with Gasteiger partial charge in [0.1, 0.15) is 10.5 Å². The molecule has 0 radical (unpaired) electrons. The normalized spacial score (nSPS) is 26.2. The first kappa shape index (κ1) is 40.6. The molecule has 3 saturated heterocycles. The number of aromatic nitrogens is 1. The number of fused-ring (bicyclic) bond motifs is 6. The van der Waals surface area contributed by atoms with Crippen LogP contribution in [0, 0.1) is 5.92 Å². The predicted molar refractivity (Wildman–Crippen MR) is 229 cm³/mol. The first-order valence-corrected chi connectivity index (χ1v) is 24.3. The van der Waals surface area contributed by atoms with Crippen molar-refractivity contribution < 1.29 is 31.1 Å². The third kappa shape index (κ3) is 7.21. The topological polar surface area (TPSA) is 130 Å². The third-order valence-corrected chi connectivity index (χ3v) is 18.5. The van der Waals surface area contributed by atoms with Crippen molar-refractivity contribution >= 4 is 37.0 Å². The van der Waals surface area contributed by atoms with Gasteiger partial charge in [-0.25, -0.2) is 13.1 Å². The Balaban J connectivity index is 1.17. The van der Waals surface area contributed by atoms with Crippen molar-refractivity contribution in [1.29, 1.82) is 0 Å². The molecule has 0 bridgehead atoms. The van der Waals surface area contributed by atoms with Gasteiger partial charge in [0, 0.05) is 79.8 Å². The second-order valence-corrected chi connectivity index (χ2v) is 21.6. The quantitative estimate of drug-likeness (QED) is 0.203. The van der Waals surface area contributed by atoms with E-state index in [9.17, 15) is 13.2 Å². The third-order valence-electron chi connectivity index (χ3n) is 14.2. The van der Waals surface area contributed by atoms with Gasteiger partial charge >= 0.3 is 10.2 Å². The number of carbonyl (C=O) groups is 1. The molecule has 5 heterocycles. The van der Waals surface area contributed by atoms with Crippen LogP contribution in [0.2, 0.25) is 0 Å². The lowest BCUT2D eigenvalue weighted by Crippen LogP contribution is -2.57. The van der Waals surface area contributed by atoms with Crippen LogP contribution < -0.4 is 9.46 Å². The minimum absolute atomic E-state index is 0.128. The summed E-state index contributed by atoms with van der Waals surface area (Å²) in [6.07, 6.45) is 7.22. The van der Waals surface area contributed by atoms with Gasteiger partial charge in [0.25, 0.3) is 5.91 Å². The van der Waals surface area contributed by atoms with Gasteiger partial charge in [-0.15, -0.1) is 0 Å². The zero-order chi connectivity index (χ0) is 41.1. The van der Waals surface area contributed by atoms with Gasteiger partial charge in [0.05, 0.1) is 26.0 Å². The van der Waals surface area contributed by atoms with Crippen LogP contribution in [-0.4, -0.2) is 105 Å². The van der Waals surface area contributed by atoms with Crippen LogP contribution in [-0.2, 0) is 38.1 Å². The van der Waals surface area contributed by atoms with Crippen molar-refractivity contribution in [3.8, 4) is 17.0 Å². The number of piperidine rings is 1. The first-order valence-electron chi connectivity index (χ1n) is 21.4. The number of nitrogens with zero attached hydrogens (tertiary/aromatic N) is 4. The SMILES string of the molecule is COc1ccc2c(c1)C(C)C(C)(S(=O)(=O)N1CCC[C@H]3CN(Cc4ccccc4)C[C@H]31)Cn1c-2c(C2CCCCC2)c2ccc(C(=O)NS(=O)(=O)N3CCOCC3)cc21.